The van der Waals surface area contributed by atoms with Crippen LogP contribution in [-0.4, -0.2) is 11.8 Å². The smallest absolute Gasteiger partial charge is 0.273 e. The summed E-state index contributed by atoms with van der Waals surface area (Å²) in [4.78, 5) is 27.5. The van der Waals surface area contributed by atoms with E-state index in [4.69, 9.17) is 6.57 Å². The molecule has 0 spiro atoms. The Morgan fingerprint density at radius 1 is 1.00 bits per heavy atom. The molecule has 5 nitrogen and oxygen atoms in total. The third-order valence-corrected chi connectivity index (χ3v) is 3.27. The Hall–Kier alpha value is -3.39. The molecule has 1 aliphatic heterocycles. The van der Waals surface area contributed by atoms with Gasteiger partial charge in [-0.2, -0.15) is 0 Å². The Morgan fingerprint density at radius 3 is 2.32 bits per heavy atom. The lowest BCUT2D eigenvalue weighted by Gasteiger charge is -2.07. The maximum atomic E-state index is 12.3. The van der Waals surface area contributed by atoms with E-state index in [0.717, 1.165) is 0 Å². The number of carbonyl (C=O) groups excluding carboxylic acids is 2. The molecule has 5 heteroatoms. The number of amides is 2. The molecule has 0 radical (unpaired) electrons. The van der Waals surface area contributed by atoms with Crippen LogP contribution < -0.4 is 10.6 Å². The Kier molecular flexibility index (Phi) is 3.42. The van der Waals surface area contributed by atoms with Gasteiger partial charge < -0.3 is 10.6 Å². The number of hydrogen-bond acceptors (Lipinski definition) is 2. The molecule has 0 unspecified atom stereocenters. The van der Waals surface area contributed by atoms with Gasteiger partial charge in [0.2, 0.25) is 0 Å². The van der Waals surface area contributed by atoms with E-state index in [9.17, 15) is 9.59 Å². The van der Waals surface area contributed by atoms with Gasteiger partial charge in [0, 0.05) is 16.8 Å². The minimum absolute atomic E-state index is 0.137. The topological polar surface area (TPSA) is 62.6 Å². The number of nitrogens with one attached hydrogen (secondary N) is 2. The third-order valence-electron chi connectivity index (χ3n) is 3.27. The van der Waals surface area contributed by atoms with Crippen LogP contribution in [0, 0.1) is 6.57 Å². The zero-order valence-corrected chi connectivity index (χ0v) is 11.5. The number of benzene rings is 2. The highest BCUT2D eigenvalue weighted by molar-refractivity contribution is 6.17. The van der Waals surface area contributed by atoms with Crippen LogP contribution in [0.1, 0.15) is 15.9 Å². The standard InChI is InChI=1S/C17H11N3O2/c1-18-15(17(22)19-11-7-3-2-4-8-11)14-12-9-5-6-10-13(12)16(21)20-14/h2-10H,(H,19,22)(H,20,21)/b15-14+. The summed E-state index contributed by atoms with van der Waals surface area (Å²) < 4.78 is 0. The zero-order chi connectivity index (χ0) is 15.5. The van der Waals surface area contributed by atoms with Crippen molar-refractivity contribution >= 4 is 23.2 Å². The molecule has 0 aliphatic carbocycles. The molecule has 2 amide bonds. The van der Waals surface area contributed by atoms with Gasteiger partial charge in [-0.1, -0.05) is 36.4 Å². The van der Waals surface area contributed by atoms with E-state index < -0.39 is 5.91 Å². The Balaban J connectivity index is 2.00. The van der Waals surface area contributed by atoms with Crippen molar-refractivity contribution in [3.8, 4) is 0 Å². The average molecular weight is 289 g/mol. The fraction of sp³-hybridized carbons (Fsp3) is 0. The summed E-state index contributed by atoms with van der Waals surface area (Å²) in [6, 6.07) is 15.7. The van der Waals surface area contributed by atoms with E-state index >= 15 is 0 Å². The van der Waals surface area contributed by atoms with E-state index in [1.54, 1.807) is 48.5 Å². The number of fused-ring (bicyclic) bond motifs is 1. The fourth-order valence-electron chi connectivity index (χ4n) is 2.27. The third kappa shape index (κ3) is 2.34. The first kappa shape index (κ1) is 13.6. The van der Waals surface area contributed by atoms with Crippen molar-refractivity contribution in [2.75, 3.05) is 5.32 Å². The summed E-state index contributed by atoms with van der Waals surface area (Å²) in [7, 11) is 0. The number of hydrogen-bond donors (Lipinski definition) is 2. The van der Waals surface area contributed by atoms with E-state index in [0.29, 0.717) is 16.8 Å². The summed E-state index contributed by atoms with van der Waals surface area (Å²) in [5.74, 6) is -0.854. The Bertz CT molecular complexity index is 832. The number of para-hydroxylation sites is 1. The van der Waals surface area contributed by atoms with Crippen molar-refractivity contribution in [2.24, 2.45) is 0 Å². The number of carbonyl (C=O) groups is 2. The molecule has 0 aromatic heterocycles. The number of nitrogens with zero attached hydrogens (tertiary/aromatic N) is 1. The van der Waals surface area contributed by atoms with Gasteiger partial charge in [0.25, 0.3) is 17.5 Å². The molecule has 0 saturated heterocycles. The van der Waals surface area contributed by atoms with Crippen molar-refractivity contribution in [1.82, 2.24) is 5.32 Å². The molecule has 2 N–H and O–H groups in total. The summed E-state index contributed by atoms with van der Waals surface area (Å²) in [6.07, 6.45) is 0. The first-order chi connectivity index (χ1) is 10.7. The van der Waals surface area contributed by atoms with Crippen LogP contribution >= 0.6 is 0 Å². The van der Waals surface area contributed by atoms with Crippen LogP contribution in [0.5, 0.6) is 0 Å². The Morgan fingerprint density at radius 2 is 1.64 bits per heavy atom. The molecular weight excluding hydrogens is 278 g/mol. The predicted molar refractivity (Wildman–Crippen MR) is 82.5 cm³/mol. The maximum Gasteiger partial charge on any atom is 0.273 e. The summed E-state index contributed by atoms with van der Waals surface area (Å²) >= 11 is 0. The highest BCUT2D eigenvalue weighted by atomic mass is 16.2. The van der Waals surface area contributed by atoms with Gasteiger partial charge in [-0.15, -0.1) is 0 Å². The lowest BCUT2D eigenvalue weighted by Crippen LogP contribution is -2.19. The van der Waals surface area contributed by atoms with Gasteiger partial charge >= 0.3 is 0 Å². The molecule has 0 saturated carbocycles. The van der Waals surface area contributed by atoms with Gasteiger partial charge in [0.05, 0.1) is 12.3 Å². The normalized spacial score (nSPS) is 14.6. The fourth-order valence-corrected chi connectivity index (χ4v) is 2.27. The van der Waals surface area contributed by atoms with Crippen LogP contribution in [0.3, 0.4) is 0 Å². The highest BCUT2D eigenvalue weighted by Crippen LogP contribution is 2.27. The van der Waals surface area contributed by atoms with Crippen LogP contribution in [-0.2, 0) is 4.79 Å². The van der Waals surface area contributed by atoms with Crippen LogP contribution in [0.2, 0.25) is 0 Å². The second-order valence-electron chi connectivity index (χ2n) is 4.66. The van der Waals surface area contributed by atoms with Gasteiger partial charge in [0.15, 0.2) is 0 Å². The predicted octanol–water partition coefficient (Wildman–Crippen LogP) is 2.66. The summed E-state index contributed by atoms with van der Waals surface area (Å²) in [5.41, 5.74) is 1.74. The van der Waals surface area contributed by atoms with Gasteiger partial charge in [0.1, 0.15) is 0 Å². The Labute approximate surface area is 127 Å². The quantitative estimate of drug-likeness (QED) is 0.659. The van der Waals surface area contributed by atoms with E-state index in [1.807, 2.05) is 6.07 Å². The summed E-state index contributed by atoms with van der Waals surface area (Å²) in [5, 5.41) is 5.26. The van der Waals surface area contributed by atoms with E-state index in [1.165, 1.54) is 0 Å². The second-order valence-corrected chi connectivity index (χ2v) is 4.66. The van der Waals surface area contributed by atoms with Crippen molar-refractivity contribution in [3.63, 3.8) is 0 Å². The van der Waals surface area contributed by atoms with Crippen LogP contribution in [0.15, 0.2) is 60.3 Å². The van der Waals surface area contributed by atoms with Gasteiger partial charge in [-0.3, -0.25) is 9.59 Å². The number of rotatable bonds is 2. The molecule has 2 aromatic rings. The molecule has 22 heavy (non-hydrogen) atoms. The van der Waals surface area contributed by atoms with Crippen molar-refractivity contribution < 1.29 is 9.59 Å². The largest absolute Gasteiger partial charge is 0.331 e. The van der Waals surface area contributed by atoms with Crippen molar-refractivity contribution in [2.45, 2.75) is 0 Å². The number of anilines is 1. The monoisotopic (exact) mass is 289 g/mol. The van der Waals surface area contributed by atoms with Crippen molar-refractivity contribution in [1.29, 1.82) is 0 Å². The molecule has 3 rings (SSSR count). The minimum atomic E-state index is -0.548. The molecule has 1 heterocycles. The van der Waals surface area contributed by atoms with E-state index in [-0.39, 0.29) is 17.3 Å². The maximum absolute atomic E-state index is 12.3. The van der Waals surface area contributed by atoms with Gasteiger partial charge in [-0.05, 0) is 18.2 Å². The van der Waals surface area contributed by atoms with Crippen LogP contribution in [0.25, 0.3) is 10.5 Å². The molecule has 0 bridgehead atoms. The van der Waals surface area contributed by atoms with Crippen molar-refractivity contribution in [3.05, 3.63) is 82.8 Å². The molecule has 2 aromatic carbocycles. The molecular formula is C17H11N3O2. The first-order valence-corrected chi connectivity index (χ1v) is 6.59. The van der Waals surface area contributed by atoms with Gasteiger partial charge in [-0.25, -0.2) is 4.85 Å². The zero-order valence-electron chi connectivity index (χ0n) is 11.5. The molecule has 106 valence electrons. The molecule has 0 atom stereocenters. The summed E-state index contributed by atoms with van der Waals surface area (Å²) in [6.45, 7) is 7.28. The lowest BCUT2D eigenvalue weighted by atomic mass is 10.1. The molecule has 1 aliphatic rings. The average Bonchev–Trinajstić information content (AvgIpc) is 2.87. The second kappa shape index (κ2) is 5.54. The SMILES string of the molecule is [C-]#[N+]/C(C(=O)Nc1ccccc1)=C1/NC(=O)c2ccccc21. The lowest BCUT2D eigenvalue weighted by molar-refractivity contribution is -0.112. The first-order valence-electron chi connectivity index (χ1n) is 6.59. The highest BCUT2D eigenvalue weighted by Gasteiger charge is 2.28. The van der Waals surface area contributed by atoms with Crippen LogP contribution in [0.4, 0.5) is 5.69 Å². The van der Waals surface area contributed by atoms with E-state index in [2.05, 4.69) is 15.5 Å². The molecule has 0 fully saturated rings. The minimum Gasteiger partial charge on any atom is -0.331 e.